The van der Waals surface area contributed by atoms with Gasteiger partial charge in [-0.25, -0.2) is 0 Å². The van der Waals surface area contributed by atoms with Crippen LogP contribution in [0.5, 0.6) is 0 Å². The van der Waals surface area contributed by atoms with E-state index in [1.54, 1.807) is 0 Å². The van der Waals surface area contributed by atoms with Gasteiger partial charge in [-0.1, -0.05) is 88.4 Å². The number of hydrogen-bond acceptors (Lipinski definition) is 2. The maximum atomic E-state index is 6.09. The van der Waals surface area contributed by atoms with Crippen molar-refractivity contribution in [3.8, 4) is 0 Å². The van der Waals surface area contributed by atoms with E-state index in [4.69, 9.17) is 4.74 Å². The molecule has 0 bridgehead atoms. The molecule has 1 heterocycles. The van der Waals surface area contributed by atoms with Gasteiger partial charge in [0.15, 0.2) is 0 Å². The minimum absolute atomic E-state index is 0.138. The van der Waals surface area contributed by atoms with Crippen LogP contribution in [0.3, 0.4) is 0 Å². The van der Waals surface area contributed by atoms with Crippen molar-refractivity contribution in [3.05, 3.63) is 71.8 Å². The molecule has 3 rings (SSSR count). The number of nitrogens with one attached hydrogen (secondary N) is 1. The molecule has 2 atom stereocenters. The van der Waals surface area contributed by atoms with Crippen LogP contribution in [-0.2, 0) is 4.74 Å². The fourth-order valence-corrected chi connectivity index (χ4v) is 2.70. The van der Waals surface area contributed by atoms with Crippen LogP contribution in [0.1, 0.15) is 50.8 Å². The highest BCUT2D eigenvalue weighted by molar-refractivity contribution is 5.27. The van der Waals surface area contributed by atoms with Crippen LogP contribution >= 0.6 is 0 Å². The molecule has 23 heavy (non-hydrogen) atoms. The SMILES string of the molecule is CC.CC.c1ccc([C@@H]2CNCCO[C@H]2c2ccccc2)cc1. The minimum Gasteiger partial charge on any atom is -0.372 e. The first-order valence-corrected chi connectivity index (χ1v) is 8.87. The summed E-state index contributed by atoms with van der Waals surface area (Å²) in [5.41, 5.74) is 2.60. The molecule has 2 heteroatoms. The van der Waals surface area contributed by atoms with E-state index in [-0.39, 0.29) is 6.10 Å². The fraction of sp³-hybridized carbons (Fsp3) is 0.429. The Morgan fingerprint density at radius 3 is 1.87 bits per heavy atom. The van der Waals surface area contributed by atoms with Gasteiger partial charge in [0, 0.05) is 19.0 Å². The molecule has 0 amide bonds. The van der Waals surface area contributed by atoms with Gasteiger partial charge in [0.05, 0.1) is 12.7 Å². The van der Waals surface area contributed by atoms with Crippen LogP contribution in [0.15, 0.2) is 60.7 Å². The Labute approximate surface area is 141 Å². The molecule has 1 fully saturated rings. The summed E-state index contributed by atoms with van der Waals surface area (Å²) < 4.78 is 6.09. The first-order valence-electron chi connectivity index (χ1n) is 8.87. The van der Waals surface area contributed by atoms with E-state index in [0.29, 0.717) is 5.92 Å². The third-order valence-corrected chi connectivity index (χ3v) is 3.66. The zero-order valence-electron chi connectivity index (χ0n) is 15.0. The molecule has 1 N–H and O–H groups in total. The van der Waals surface area contributed by atoms with E-state index < -0.39 is 0 Å². The van der Waals surface area contributed by atoms with Gasteiger partial charge in [0.2, 0.25) is 0 Å². The number of hydrogen-bond donors (Lipinski definition) is 1. The third-order valence-electron chi connectivity index (χ3n) is 3.66. The lowest BCUT2D eigenvalue weighted by atomic mass is 9.89. The van der Waals surface area contributed by atoms with E-state index in [1.165, 1.54) is 11.1 Å². The summed E-state index contributed by atoms with van der Waals surface area (Å²) in [6, 6.07) is 21.2. The quantitative estimate of drug-likeness (QED) is 0.824. The summed E-state index contributed by atoms with van der Waals surface area (Å²) in [7, 11) is 0. The highest BCUT2D eigenvalue weighted by Crippen LogP contribution is 2.34. The van der Waals surface area contributed by atoms with Gasteiger partial charge in [-0.05, 0) is 11.1 Å². The van der Waals surface area contributed by atoms with Gasteiger partial charge in [0.25, 0.3) is 0 Å². The van der Waals surface area contributed by atoms with E-state index in [2.05, 4.69) is 66.0 Å². The van der Waals surface area contributed by atoms with Gasteiger partial charge >= 0.3 is 0 Å². The number of benzene rings is 2. The average molecular weight is 313 g/mol. The molecule has 1 aliphatic rings. The van der Waals surface area contributed by atoms with Gasteiger partial charge in [-0.15, -0.1) is 0 Å². The van der Waals surface area contributed by atoms with Crippen molar-refractivity contribution in [2.75, 3.05) is 19.7 Å². The van der Waals surface area contributed by atoms with E-state index in [9.17, 15) is 0 Å². The van der Waals surface area contributed by atoms with Crippen molar-refractivity contribution in [2.24, 2.45) is 0 Å². The predicted octanol–water partition coefficient (Wildman–Crippen LogP) is 5.18. The summed E-state index contributed by atoms with van der Waals surface area (Å²) in [5.74, 6) is 0.367. The minimum atomic E-state index is 0.138. The molecule has 2 nitrogen and oxygen atoms in total. The Morgan fingerprint density at radius 1 is 0.783 bits per heavy atom. The van der Waals surface area contributed by atoms with Crippen molar-refractivity contribution in [3.63, 3.8) is 0 Å². The van der Waals surface area contributed by atoms with Crippen molar-refractivity contribution in [1.82, 2.24) is 5.32 Å². The Balaban J connectivity index is 0.000000615. The highest BCUT2D eigenvalue weighted by atomic mass is 16.5. The molecule has 0 aromatic heterocycles. The van der Waals surface area contributed by atoms with Crippen LogP contribution < -0.4 is 5.32 Å². The Kier molecular flexibility index (Phi) is 10.0. The van der Waals surface area contributed by atoms with Crippen LogP contribution in [0.4, 0.5) is 0 Å². The summed E-state index contributed by atoms with van der Waals surface area (Å²) in [6.07, 6.45) is 0.138. The van der Waals surface area contributed by atoms with Crippen molar-refractivity contribution >= 4 is 0 Å². The summed E-state index contributed by atoms with van der Waals surface area (Å²) in [6.45, 7) is 10.7. The number of ether oxygens (including phenoxy) is 1. The van der Waals surface area contributed by atoms with Crippen molar-refractivity contribution in [1.29, 1.82) is 0 Å². The monoisotopic (exact) mass is 313 g/mol. The molecule has 1 saturated heterocycles. The molecular weight excluding hydrogens is 282 g/mol. The van der Waals surface area contributed by atoms with E-state index in [1.807, 2.05) is 27.7 Å². The first kappa shape index (κ1) is 19.4. The molecule has 126 valence electrons. The smallest absolute Gasteiger partial charge is 0.0906 e. The van der Waals surface area contributed by atoms with Crippen molar-refractivity contribution in [2.45, 2.75) is 39.7 Å². The second kappa shape index (κ2) is 11.9. The van der Waals surface area contributed by atoms with Crippen LogP contribution in [0.2, 0.25) is 0 Å². The maximum absolute atomic E-state index is 6.09. The molecule has 1 aliphatic heterocycles. The molecule has 2 aromatic rings. The van der Waals surface area contributed by atoms with Crippen molar-refractivity contribution < 1.29 is 4.74 Å². The van der Waals surface area contributed by atoms with Gasteiger partial charge in [-0.2, -0.15) is 0 Å². The zero-order valence-corrected chi connectivity index (χ0v) is 15.0. The standard InChI is InChI=1S/C17H19NO.2C2H6/c1-3-7-14(8-4-1)16-13-18-11-12-19-17(16)15-9-5-2-6-10-15;2*1-2/h1-10,16-18H,11-13H2;2*1-2H3/t16-,17-;;/m0../s1. The lowest BCUT2D eigenvalue weighted by Crippen LogP contribution is -2.22. The largest absolute Gasteiger partial charge is 0.372 e. The Morgan fingerprint density at radius 2 is 1.30 bits per heavy atom. The second-order valence-corrected chi connectivity index (χ2v) is 4.92. The summed E-state index contributed by atoms with van der Waals surface area (Å²) in [4.78, 5) is 0. The Hall–Kier alpha value is -1.64. The third kappa shape index (κ3) is 5.81. The molecule has 0 radical (unpaired) electrons. The second-order valence-electron chi connectivity index (χ2n) is 4.92. The molecular formula is C21H31NO. The number of rotatable bonds is 2. The van der Waals surface area contributed by atoms with E-state index >= 15 is 0 Å². The fourth-order valence-electron chi connectivity index (χ4n) is 2.70. The molecule has 0 saturated carbocycles. The molecule has 2 aromatic carbocycles. The van der Waals surface area contributed by atoms with Crippen LogP contribution in [0.25, 0.3) is 0 Å². The molecule has 0 spiro atoms. The summed E-state index contributed by atoms with van der Waals surface area (Å²) >= 11 is 0. The topological polar surface area (TPSA) is 21.3 Å². The van der Waals surface area contributed by atoms with Gasteiger partial charge < -0.3 is 10.1 Å². The maximum Gasteiger partial charge on any atom is 0.0906 e. The normalized spacial score (nSPS) is 20.2. The molecule has 0 unspecified atom stereocenters. The van der Waals surface area contributed by atoms with E-state index in [0.717, 1.165) is 19.7 Å². The lowest BCUT2D eigenvalue weighted by Gasteiger charge is -2.25. The Bertz CT molecular complexity index is 450. The highest BCUT2D eigenvalue weighted by Gasteiger charge is 2.27. The zero-order chi connectivity index (χ0) is 16.9. The first-order chi connectivity index (χ1) is 11.4. The predicted molar refractivity (Wildman–Crippen MR) is 99.9 cm³/mol. The average Bonchev–Trinajstić information content (AvgIpc) is 2.92. The van der Waals surface area contributed by atoms with Crippen LogP contribution in [0, 0.1) is 0 Å². The van der Waals surface area contributed by atoms with Gasteiger partial charge in [0.1, 0.15) is 0 Å². The lowest BCUT2D eigenvalue weighted by molar-refractivity contribution is 0.0515. The summed E-state index contributed by atoms with van der Waals surface area (Å²) in [5, 5.41) is 3.47. The molecule has 0 aliphatic carbocycles. The van der Waals surface area contributed by atoms with Gasteiger partial charge in [-0.3, -0.25) is 0 Å². The van der Waals surface area contributed by atoms with Crippen LogP contribution in [-0.4, -0.2) is 19.7 Å².